The molecule has 1 saturated heterocycles. The van der Waals surface area contributed by atoms with Gasteiger partial charge in [0.25, 0.3) is 0 Å². The van der Waals surface area contributed by atoms with E-state index in [4.69, 9.17) is 0 Å². The van der Waals surface area contributed by atoms with E-state index in [1.165, 1.54) is 91.1 Å². The molecule has 8 aromatic rings. The molecule has 2 aliphatic carbocycles. The molecule has 0 aromatic heterocycles. The van der Waals surface area contributed by atoms with E-state index in [0.717, 1.165) is 0 Å². The van der Waals surface area contributed by atoms with Crippen molar-refractivity contribution in [1.82, 2.24) is 0 Å². The van der Waals surface area contributed by atoms with Gasteiger partial charge in [0, 0.05) is 0 Å². The fourth-order valence-electron chi connectivity index (χ4n) is 11.7. The predicted molar refractivity (Wildman–Crippen MR) is 248 cm³/mol. The molecule has 0 saturated carbocycles. The molecule has 3 aliphatic rings. The first kappa shape index (κ1) is 41.1. The number of hydrogen-bond donors (Lipinski definition) is 0. The van der Waals surface area contributed by atoms with Gasteiger partial charge in [-0.15, -0.1) is 0 Å². The van der Waals surface area contributed by atoms with Crippen LogP contribution in [0.5, 0.6) is 0 Å². The van der Waals surface area contributed by atoms with Gasteiger partial charge in [-0.1, -0.05) is 0 Å². The van der Waals surface area contributed by atoms with Crippen LogP contribution >= 0.6 is 0 Å². The van der Waals surface area contributed by atoms with Crippen molar-refractivity contribution in [2.75, 3.05) is 0 Å². The zero-order valence-electron chi connectivity index (χ0n) is 35.5. The minimum absolute atomic E-state index is 0. The van der Waals surface area contributed by atoms with Gasteiger partial charge in [0.1, 0.15) is 0 Å². The Kier molecular flexibility index (Phi) is 10.3. The Hall–Kier alpha value is -4.26. The van der Waals surface area contributed by atoms with Crippen LogP contribution in [0.3, 0.4) is 0 Å². The van der Waals surface area contributed by atoms with E-state index in [9.17, 15) is 0 Å². The maximum atomic E-state index is 2.71. The van der Waals surface area contributed by atoms with Crippen molar-refractivity contribution in [3.05, 3.63) is 179 Å². The summed E-state index contributed by atoms with van der Waals surface area (Å²) in [4.78, 5) is 0. The average Bonchev–Trinajstić information content (AvgIpc) is 3.80. The minimum Gasteiger partial charge on any atom is -1.00 e. The molecule has 1 fully saturated rings. The Labute approximate surface area is 373 Å². The van der Waals surface area contributed by atoms with Crippen LogP contribution < -0.4 is 24.8 Å². The summed E-state index contributed by atoms with van der Waals surface area (Å²) in [5.41, 5.74) is 15.3. The van der Waals surface area contributed by atoms with Crippen molar-refractivity contribution < 1.29 is 45.1 Å². The average molecular weight is 899 g/mol. The first-order valence-electron chi connectivity index (χ1n) is 21.5. The number of halogens is 2. The topological polar surface area (TPSA) is 0 Å². The van der Waals surface area contributed by atoms with Crippen molar-refractivity contribution in [2.24, 2.45) is 10.8 Å². The van der Waals surface area contributed by atoms with Crippen LogP contribution in [0.25, 0.3) is 77.5 Å². The Morgan fingerprint density at radius 1 is 0.417 bits per heavy atom. The van der Waals surface area contributed by atoms with E-state index >= 15 is 0 Å². The number of fused-ring (bicyclic) bond motifs is 6. The Balaban J connectivity index is 0.00000231. The van der Waals surface area contributed by atoms with E-state index in [1.807, 2.05) is 0 Å². The third-order valence-corrected chi connectivity index (χ3v) is 29.4. The van der Waals surface area contributed by atoms with Crippen LogP contribution in [0.15, 0.2) is 157 Å². The number of allylic oxidation sites excluding steroid dienone is 2. The van der Waals surface area contributed by atoms with Gasteiger partial charge in [-0.25, -0.2) is 0 Å². The molecule has 0 N–H and O–H groups in total. The molecule has 2 unspecified atom stereocenters. The van der Waals surface area contributed by atoms with Crippen LogP contribution in [0, 0.1) is 10.8 Å². The standard InChI is InChI=1S/2C27H23.C3H6.2ClH.Zr/c2*1-27(2,3)21-16-20-11-8-14-24(25(20)17-21)26-22-12-6-4-9-18(22)15-19-10-5-7-13-23(19)26;1-3-2;;;/h2*4-17H,1-3H3;1-3H2;2*1H;/q;;;;;+2/p-2. The smallest absolute Gasteiger partial charge is 1.00 e. The summed E-state index contributed by atoms with van der Waals surface area (Å²) < 4.78 is 3.94. The Morgan fingerprint density at radius 2 is 0.750 bits per heavy atom. The molecule has 0 amide bonds. The predicted octanol–water partition coefficient (Wildman–Crippen LogP) is 10.7. The van der Waals surface area contributed by atoms with E-state index < -0.39 is 20.3 Å². The van der Waals surface area contributed by atoms with Crippen LogP contribution in [-0.4, -0.2) is 0 Å². The quantitative estimate of drug-likeness (QED) is 0.154. The van der Waals surface area contributed by atoms with Gasteiger partial charge in [-0.2, -0.15) is 0 Å². The Morgan fingerprint density at radius 3 is 1.05 bits per heavy atom. The van der Waals surface area contributed by atoms with Gasteiger partial charge in [0.15, 0.2) is 0 Å². The van der Waals surface area contributed by atoms with Crippen LogP contribution in [0.2, 0.25) is 8.26 Å². The maximum Gasteiger partial charge on any atom is -1.00 e. The molecule has 3 heteroatoms. The van der Waals surface area contributed by atoms with Gasteiger partial charge in [0.05, 0.1) is 0 Å². The molecule has 0 nitrogen and oxygen atoms in total. The van der Waals surface area contributed by atoms with Crippen LogP contribution in [0.1, 0.15) is 77.5 Å². The van der Waals surface area contributed by atoms with E-state index in [-0.39, 0.29) is 35.6 Å². The van der Waals surface area contributed by atoms with Gasteiger partial charge >= 0.3 is 351 Å². The fourth-order valence-corrected chi connectivity index (χ4v) is 28.1. The van der Waals surface area contributed by atoms with Crippen molar-refractivity contribution >= 4 is 55.2 Å². The summed E-state index contributed by atoms with van der Waals surface area (Å²) in [6, 6.07) is 55.7. The third kappa shape index (κ3) is 6.16. The molecule has 8 aromatic carbocycles. The van der Waals surface area contributed by atoms with Crippen LogP contribution in [-0.2, 0) is 20.3 Å². The van der Waals surface area contributed by atoms with E-state index in [2.05, 4.69) is 199 Å². The summed E-state index contributed by atoms with van der Waals surface area (Å²) in [6.45, 7) is 15.0. The zero-order valence-corrected chi connectivity index (χ0v) is 39.5. The van der Waals surface area contributed by atoms with Gasteiger partial charge < -0.3 is 24.8 Å². The largest absolute Gasteiger partial charge is 1.00 e. The summed E-state index contributed by atoms with van der Waals surface area (Å²) >= 11 is -3.24. The Bertz CT molecular complexity index is 2760. The molecule has 0 radical (unpaired) electrons. The molecule has 11 rings (SSSR count). The van der Waals surface area contributed by atoms with Crippen LogP contribution in [0.4, 0.5) is 0 Å². The van der Waals surface area contributed by atoms with Gasteiger partial charge in [0.2, 0.25) is 0 Å². The third-order valence-electron chi connectivity index (χ3n) is 14.4. The molecule has 1 heterocycles. The summed E-state index contributed by atoms with van der Waals surface area (Å²) in [5.74, 6) is 0. The molecule has 2 atom stereocenters. The first-order valence-corrected chi connectivity index (χ1v) is 27.9. The summed E-state index contributed by atoms with van der Waals surface area (Å²) in [7, 11) is 0. The van der Waals surface area contributed by atoms with Crippen molar-refractivity contribution in [3.63, 3.8) is 0 Å². The van der Waals surface area contributed by atoms with E-state index in [0.29, 0.717) is 7.25 Å². The zero-order chi connectivity index (χ0) is 39.6. The fraction of sp³-hybridized carbons (Fsp3) is 0.228. The SMILES string of the molecule is CC(C)(C)C1=Cc2c(-c3c4ccccc4cc4ccccc34)cccc2[CH]1[Zr+2]1([CH]2C(C(C)(C)C)=Cc3c(-c4c5ccccc5cc5ccccc45)cccc32)[CH2]C[CH2]1.[Cl-].[Cl-]. The second-order valence-corrected chi connectivity index (χ2v) is 31.0. The normalized spacial score (nSPS) is 17.5. The van der Waals surface area contributed by atoms with Crippen molar-refractivity contribution in [1.29, 1.82) is 0 Å². The maximum absolute atomic E-state index is 3.24. The number of benzene rings is 8. The monoisotopic (exact) mass is 896 g/mol. The molecule has 0 bridgehead atoms. The summed E-state index contributed by atoms with van der Waals surface area (Å²) in [6.07, 6.45) is 6.78. The second kappa shape index (κ2) is 15.0. The minimum atomic E-state index is -3.24. The molecule has 60 heavy (non-hydrogen) atoms. The molecular weight excluding hydrogens is 847 g/mol. The molecule has 1 aliphatic heterocycles. The molecule has 0 spiro atoms. The van der Waals surface area contributed by atoms with E-state index in [1.54, 1.807) is 22.3 Å². The van der Waals surface area contributed by atoms with Gasteiger partial charge in [-0.05, 0) is 0 Å². The van der Waals surface area contributed by atoms with Crippen molar-refractivity contribution in [2.45, 2.75) is 63.5 Å². The van der Waals surface area contributed by atoms with Gasteiger partial charge in [-0.3, -0.25) is 0 Å². The number of hydrogen-bond acceptors (Lipinski definition) is 0. The molecule has 298 valence electrons. The summed E-state index contributed by atoms with van der Waals surface area (Å²) in [5, 5.41) is 10.7. The van der Waals surface area contributed by atoms with Crippen molar-refractivity contribution in [3.8, 4) is 22.3 Å². The first-order chi connectivity index (χ1) is 28.0. The molecular formula is C57H52Cl2Zr. The second-order valence-electron chi connectivity index (χ2n) is 19.7. The number of rotatable bonds is 4.